The quantitative estimate of drug-likeness (QED) is 0.655. The largest absolute Gasteiger partial charge is 0.315 e. The number of likely N-dealkylation sites (tertiary alicyclic amines) is 1. The second-order valence-electron chi connectivity index (χ2n) is 5.89. The molecule has 1 aliphatic heterocycles. The van der Waals surface area contributed by atoms with E-state index in [4.69, 9.17) is 0 Å². The Morgan fingerprint density at radius 1 is 1.24 bits per heavy atom. The van der Waals surface area contributed by atoms with Crippen molar-refractivity contribution < 1.29 is 0 Å². The van der Waals surface area contributed by atoms with Crippen molar-refractivity contribution in [3.63, 3.8) is 0 Å². The van der Waals surface area contributed by atoms with Crippen LogP contribution in [0.25, 0.3) is 0 Å². The van der Waals surface area contributed by atoms with Gasteiger partial charge in [0.25, 0.3) is 0 Å². The molecule has 0 bridgehead atoms. The first kappa shape index (κ1) is 15.0. The zero-order valence-electron chi connectivity index (χ0n) is 12.2. The summed E-state index contributed by atoms with van der Waals surface area (Å²) in [5.41, 5.74) is 0. The molecule has 0 aromatic rings. The second kappa shape index (κ2) is 8.93. The minimum absolute atomic E-state index is 0.641. The molecule has 0 aliphatic carbocycles. The SMILES string of the molecule is CCC1CCCN(CCCCCNC(C)C)C1. The molecule has 0 aromatic carbocycles. The van der Waals surface area contributed by atoms with Crippen molar-refractivity contribution in [3.8, 4) is 0 Å². The minimum atomic E-state index is 0.641. The van der Waals surface area contributed by atoms with Crippen molar-refractivity contribution in [2.24, 2.45) is 5.92 Å². The van der Waals surface area contributed by atoms with E-state index in [0.29, 0.717) is 6.04 Å². The zero-order valence-corrected chi connectivity index (χ0v) is 12.2. The molecule has 17 heavy (non-hydrogen) atoms. The van der Waals surface area contributed by atoms with E-state index in [0.717, 1.165) is 5.92 Å². The van der Waals surface area contributed by atoms with E-state index in [1.165, 1.54) is 64.7 Å². The van der Waals surface area contributed by atoms with Gasteiger partial charge in [0.15, 0.2) is 0 Å². The summed E-state index contributed by atoms with van der Waals surface area (Å²) >= 11 is 0. The molecule has 1 fully saturated rings. The maximum Gasteiger partial charge on any atom is 0.00103 e. The third kappa shape index (κ3) is 7.05. The molecule has 1 saturated heterocycles. The molecule has 0 spiro atoms. The van der Waals surface area contributed by atoms with Crippen LogP contribution < -0.4 is 5.32 Å². The van der Waals surface area contributed by atoms with Crippen molar-refractivity contribution in [1.82, 2.24) is 10.2 Å². The van der Waals surface area contributed by atoms with E-state index < -0.39 is 0 Å². The molecule has 1 aliphatic rings. The van der Waals surface area contributed by atoms with Crippen molar-refractivity contribution in [2.75, 3.05) is 26.2 Å². The summed E-state index contributed by atoms with van der Waals surface area (Å²) in [7, 11) is 0. The van der Waals surface area contributed by atoms with Gasteiger partial charge in [-0.3, -0.25) is 0 Å². The first-order valence-corrected chi connectivity index (χ1v) is 7.68. The maximum atomic E-state index is 3.49. The molecule has 1 atom stereocenters. The van der Waals surface area contributed by atoms with E-state index in [1.807, 2.05) is 0 Å². The van der Waals surface area contributed by atoms with Gasteiger partial charge in [-0.1, -0.05) is 33.6 Å². The van der Waals surface area contributed by atoms with Crippen LogP contribution in [0.1, 0.15) is 59.3 Å². The van der Waals surface area contributed by atoms with Crippen molar-refractivity contribution in [1.29, 1.82) is 0 Å². The lowest BCUT2D eigenvalue weighted by atomic mass is 9.95. The Kier molecular flexibility index (Phi) is 7.87. The molecule has 102 valence electrons. The molecule has 0 saturated carbocycles. The predicted octanol–water partition coefficient (Wildman–Crippen LogP) is 3.28. The van der Waals surface area contributed by atoms with Gasteiger partial charge >= 0.3 is 0 Å². The lowest BCUT2D eigenvalue weighted by Crippen LogP contribution is -2.35. The molecule has 1 N–H and O–H groups in total. The smallest absolute Gasteiger partial charge is 0.00103 e. The molecular formula is C15H32N2. The molecule has 0 radical (unpaired) electrons. The van der Waals surface area contributed by atoms with Crippen LogP contribution in [-0.4, -0.2) is 37.1 Å². The average molecular weight is 240 g/mol. The third-order valence-electron chi connectivity index (χ3n) is 3.88. The fourth-order valence-corrected chi connectivity index (χ4v) is 2.72. The highest BCUT2D eigenvalue weighted by atomic mass is 15.1. The van der Waals surface area contributed by atoms with Gasteiger partial charge in [-0.2, -0.15) is 0 Å². The normalized spacial score (nSPS) is 22.2. The van der Waals surface area contributed by atoms with Gasteiger partial charge in [0.2, 0.25) is 0 Å². The minimum Gasteiger partial charge on any atom is -0.315 e. The molecule has 0 amide bonds. The standard InChI is InChI=1S/C15H32N2/c1-4-15-9-8-12-17(13-15)11-7-5-6-10-16-14(2)3/h14-16H,4-13H2,1-3H3. The fraction of sp³-hybridized carbons (Fsp3) is 1.00. The highest BCUT2D eigenvalue weighted by molar-refractivity contribution is 4.71. The highest BCUT2D eigenvalue weighted by Gasteiger charge is 2.17. The summed E-state index contributed by atoms with van der Waals surface area (Å²) in [6, 6.07) is 0.641. The molecule has 1 unspecified atom stereocenters. The summed E-state index contributed by atoms with van der Waals surface area (Å²) in [5.74, 6) is 0.978. The number of nitrogens with zero attached hydrogens (tertiary/aromatic N) is 1. The van der Waals surface area contributed by atoms with Crippen molar-refractivity contribution >= 4 is 0 Å². The summed E-state index contributed by atoms with van der Waals surface area (Å²) in [4.78, 5) is 2.69. The van der Waals surface area contributed by atoms with E-state index >= 15 is 0 Å². The summed E-state index contributed by atoms with van der Waals surface area (Å²) in [6.07, 6.45) is 8.36. The van der Waals surface area contributed by atoms with Crippen LogP contribution in [0.2, 0.25) is 0 Å². The topological polar surface area (TPSA) is 15.3 Å². The van der Waals surface area contributed by atoms with Gasteiger partial charge in [0, 0.05) is 12.6 Å². The third-order valence-corrected chi connectivity index (χ3v) is 3.88. The van der Waals surface area contributed by atoms with Crippen LogP contribution in [0.3, 0.4) is 0 Å². The Hall–Kier alpha value is -0.0800. The van der Waals surface area contributed by atoms with Crippen LogP contribution in [-0.2, 0) is 0 Å². The van der Waals surface area contributed by atoms with E-state index in [-0.39, 0.29) is 0 Å². The number of rotatable bonds is 8. The average Bonchev–Trinajstić information content (AvgIpc) is 2.33. The Morgan fingerprint density at radius 3 is 2.76 bits per heavy atom. The molecular weight excluding hydrogens is 208 g/mol. The van der Waals surface area contributed by atoms with Crippen LogP contribution >= 0.6 is 0 Å². The lowest BCUT2D eigenvalue weighted by molar-refractivity contribution is 0.169. The van der Waals surface area contributed by atoms with Gasteiger partial charge in [0.05, 0.1) is 0 Å². The van der Waals surface area contributed by atoms with E-state index in [9.17, 15) is 0 Å². The summed E-state index contributed by atoms with van der Waals surface area (Å²) in [5, 5.41) is 3.49. The van der Waals surface area contributed by atoms with Gasteiger partial charge in [0.1, 0.15) is 0 Å². The number of hydrogen-bond donors (Lipinski definition) is 1. The molecule has 0 aromatic heterocycles. The van der Waals surface area contributed by atoms with Gasteiger partial charge in [-0.05, 0) is 51.2 Å². The fourth-order valence-electron chi connectivity index (χ4n) is 2.72. The number of unbranched alkanes of at least 4 members (excludes halogenated alkanes) is 2. The Morgan fingerprint density at radius 2 is 2.06 bits per heavy atom. The van der Waals surface area contributed by atoms with Crippen molar-refractivity contribution in [3.05, 3.63) is 0 Å². The summed E-state index contributed by atoms with van der Waals surface area (Å²) < 4.78 is 0. The van der Waals surface area contributed by atoms with Crippen LogP contribution in [0, 0.1) is 5.92 Å². The van der Waals surface area contributed by atoms with Gasteiger partial charge in [-0.15, -0.1) is 0 Å². The van der Waals surface area contributed by atoms with E-state index in [2.05, 4.69) is 31.0 Å². The Balaban J connectivity index is 1.95. The second-order valence-corrected chi connectivity index (χ2v) is 5.89. The van der Waals surface area contributed by atoms with Crippen LogP contribution in [0.4, 0.5) is 0 Å². The van der Waals surface area contributed by atoms with Gasteiger partial charge < -0.3 is 10.2 Å². The van der Waals surface area contributed by atoms with E-state index in [1.54, 1.807) is 0 Å². The monoisotopic (exact) mass is 240 g/mol. The highest BCUT2D eigenvalue weighted by Crippen LogP contribution is 2.19. The number of hydrogen-bond acceptors (Lipinski definition) is 2. The first-order chi connectivity index (χ1) is 8.22. The lowest BCUT2D eigenvalue weighted by Gasteiger charge is -2.32. The predicted molar refractivity (Wildman–Crippen MR) is 76.4 cm³/mol. The van der Waals surface area contributed by atoms with Crippen LogP contribution in [0.5, 0.6) is 0 Å². The first-order valence-electron chi connectivity index (χ1n) is 7.68. The molecule has 2 nitrogen and oxygen atoms in total. The maximum absolute atomic E-state index is 3.49. The van der Waals surface area contributed by atoms with Gasteiger partial charge in [-0.25, -0.2) is 0 Å². The zero-order chi connectivity index (χ0) is 12.5. The molecule has 1 rings (SSSR count). The Labute approximate surface area is 108 Å². The number of piperidine rings is 1. The molecule has 1 heterocycles. The summed E-state index contributed by atoms with van der Waals surface area (Å²) in [6.45, 7) is 12.0. The van der Waals surface area contributed by atoms with Crippen molar-refractivity contribution in [2.45, 2.75) is 65.3 Å². The molecule has 2 heteroatoms. The Bertz CT molecular complexity index is 180. The number of nitrogens with one attached hydrogen (secondary N) is 1. The van der Waals surface area contributed by atoms with Crippen LogP contribution in [0.15, 0.2) is 0 Å².